The second-order valence-corrected chi connectivity index (χ2v) is 12.5. The molecule has 1 aliphatic rings. The molecule has 0 unspecified atom stereocenters. The van der Waals surface area contributed by atoms with Gasteiger partial charge in [0, 0.05) is 21.6 Å². The Balaban J connectivity index is 1.37. The average molecular weight is 605 g/mol. The molecule has 1 fully saturated rings. The van der Waals surface area contributed by atoms with E-state index >= 15 is 0 Å². The first kappa shape index (κ1) is 30.3. The van der Waals surface area contributed by atoms with Gasteiger partial charge in [-0.15, -0.1) is 11.3 Å². The summed E-state index contributed by atoms with van der Waals surface area (Å²) in [6, 6.07) is 35.6. The van der Waals surface area contributed by atoms with Crippen LogP contribution >= 0.6 is 11.3 Å². The Kier molecular flexibility index (Phi) is 9.58. The minimum Gasteiger partial charge on any atom is -0.496 e. The normalized spacial score (nSPS) is 20.1. The van der Waals surface area contributed by atoms with Crippen molar-refractivity contribution in [2.24, 2.45) is 0 Å². The van der Waals surface area contributed by atoms with Crippen LogP contribution in [0.5, 0.6) is 5.75 Å². The van der Waals surface area contributed by atoms with Gasteiger partial charge < -0.3 is 18.9 Å². The minimum absolute atomic E-state index is 0.0492. The second kappa shape index (κ2) is 13.9. The molecule has 2 heterocycles. The lowest BCUT2D eigenvalue weighted by Gasteiger charge is -2.42. The van der Waals surface area contributed by atoms with Gasteiger partial charge in [0.15, 0.2) is 0 Å². The van der Waals surface area contributed by atoms with E-state index in [1.165, 1.54) is 10.1 Å². The Morgan fingerprint density at radius 1 is 0.864 bits per heavy atom. The van der Waals surface area contributed by atoms with E-state index in [-0.39, 0.29) is 24.4 Å². The monoisotopic (exact) mass is 604 g/mol. The molecule has 0 saturated carbocycles. The topological polar surface area (TPSA) is 36.9 Å². The molecular formula is C39H40O4S. The molecule has 0 spiro atoms. The summed E-state index contributed by atoms with van der Waals surface area (Å²) in [5.41, 5.74) is 6.33. The summed E-state index contributed by atoms with van der Waals surface area (Å²) in [5.74, 6) is 0.801. The third-order valence-corrected chi connectivity index (χ3v) is 9.67. The van der Waals surface area contributed by atoms with Crippen molar-refractivity contribution in [3.63, 3.8) is 0 Å². The highest BCUT2D eigenvalue weighted by Crippen LogP contribution is 2.43. The molecule has 1 saturated heterocycles. The smallest absolute Gasteiger partial charge is 0.126 e. The Hall–Kier alpha value is -3.74. The molecule has 0 bridgehead atoms. The first-order valence-corrected chi connectivity index (χ1v) is 16.2. The van der Waals surface area contributed by atoms with Crippen molar-refractivity contribution in [1.82, 2.24) is 0 Å². The van der Waals surface area contributed by atoms with Crippen LogP contribution in [0.3, 0.4) is 0 Å². The van der Waals surface area contributed by atoms with Gasteiger partial charge >= 0.3 is 0 Å². The number of ether oxygens (including phenoxy) is 4. The van der Waals surface area contributed by atoms with Crippen LogP contribution in [0, 0.1) is 6.92 Å². The molecule has 5 aromatic rings. The predicted molar refractivity (Wildman–Crippen MR) is 180 cm³/mol. The summed E-state index contributed by atoms with van der Waals surface area (Å²) in [6.45, 7) is 9.85. The molecule has 0 N–H and O–H groups in total. The first-order valence-electron chi connectivity index (χ1n) is 15.4. The molecule has 0 aliphatic carbocycles. The largest absolute Gasteiger partial charge is 0.496 e. The zero-order chi connectivity index (χ0) is 30.5. The summed E-state index contributed by atoms with van der Waals surface area (Å²) in [4.78, 5) is 1.12. The second-order valence-electron chi connectivity index (χ2n) is 11.5. The molecule has 4 nitrogen and oxygen atoms in total. The molecular weight excluding hydrogens is 564 g/mol. The van der Waals surface area contributed by atoms with E-state index in [1.807, 2.05) is 24.3 Å². The molecule has 0 radical (unpaired) electrons. The lowest BCUT2D eigenvalue weighted by molar-refractivity contribution is -0.211. The maximum atomic E-state index is 6.87. The molecule has 1 aromatic heterocycles. The van der Waals surface area contributed by atoms with E-state index in [0.717, 1.165) is 56.9 Å². The molecule has 44 heavy (non-hydrogen) atoms. The fraction of sp³-hybridized carbons (Fsp3) is 0.282. The molecule has 1 aliphatic heterocycles. The van der Waals surface area contributed by atoms with Gasteiger partial charge in [0.25, 0.3) is 0 Å². The fourth-order valence-electron chi connectivity index (χ4n) is 6.02. The van der Waals surface area contributed by atoms with Gasteiger partial charge in [-0.2, -0.15) is 0 Å². The summed E-state index contributed by atoms with van der Waals surface area (Å²) in [6.07, 6.45) is 0.947. The number of methoxy groups -OCH3 is 1. The third kappa shape index (κ3) is 6.67. The Labute approximate surface area is 264 Å². The van der Waals surface area contributed by atoms with Crippen LogP contribution in [0.25, 0.3) is 15.7 Å². The van der Waals surface area contributed by atoms with Crippen molar-refractivity contribution in [1.29, 1.82) is 0 Å². The predicted octanol–water partition coefficient (Wildman–Crippen LogP) is 9.69. The van der Waals surface area contributed by atoms with E-state index in [1.54, 1.807) is 18.4 Å². The number of hydrogen-bond donors (Lipinski definition) is 0. The number of hydrogen-bond acceptors (Lipinski definition) is 5. The quantitative estimate of drug-likeness (QED) is 0.150. The van der Waals surface area contributed by atoms with E-state index in [9.17, 15) is 0 Å². The highest BCUT2D eigenvalue weighted by molar-refractivity contribution is 7.20. The lowest BCUT2D eigenvalue weighted by atomic mass is 9.87. The zero-order valence-electron chi connectivity index (χ0n) is 25.7. The summed E-state index contributed by atoms with van der Waals surface area (Å²) in [7, 11) is 1.72. The summed E-state index contributed by atoms with van der Waals surface area (Å²) < 4.78 is 27.5. The van der Waals surface area contributed by atoms with Gasteiger partial charge in [0.05, 0.1) is 32.5 Å². The van der Waals surface area contributed by atoms with Crippen LogP contribution in [-0.4, -0.2) is 25.4 Å². The van der Waals surface area contributed by atoms with E-state index < -0.39 is 0 Å². The van der Waals surface area contributed by atoms with Crippen molar-refractivity contribution >= 4 is 27.0 Å². The SMILES string of the molecule is C=C(c1cc2ccccc2s1)c1cc([C@@H]2O[C@H](CC)C[C@H](OCc3ccccc3)[C@H]2OCc2ccccc2)c(C)cc1OC. The van der Waals surface area contributed by atoms with Gasteiger partial charge in [-0.25, -0.2) is 0 Å². The Bertz CT molecular complexity index is 1660. The van der Waals surface area contributed by atoms with Gasteiger partial charge in [-0.05, 0) is 70.8 Å². The number of benzene rings is 4. The molecule has 4 atom stereocenters. The van der Waals surface area contributed by atoms with E-state index in [2.05, 4.69) is 99.3 Å². The van der Waals surface area contributed by atoms with Gasteiger partial charge in [0.2, 0.25) is 0 Å². The van der Waals surface area contributed by atoms with Crippen LogP contribution in [0.2, 0.25) is 0 Å². The third-order valence-electron chi connectivity index (χ3n) is 8.49. The lowest BCUT2D eigenvalue weighted by Crippen LogP contribution is -2.46. The molecule has 5 heteroatoms. The molecule has 6 rings (SSSR count). The maximum Gasteiger partial charge on any atom is 0.126 e. The average Bonchev–Trinajstić information content (AvgIpc) is 3.51. The standard InChI is InChI=1S/C39H40O4S/c1-5-31-22-35(41-24-28-14-8-6-9-15-28)39(42-25-29-16-10-7-11-17-29)38(43-31)32-23-33(34(40-4)20-26(32)2)27(3)37-21-30-18-12-13-19-36(30)44-37/h6-21,23,31,35,38-39H,3,5,22,24-25H2,1-2,4H3/t31-,35+,38+,39-/m1/s1. The van der Waals surface area contributed by atoms with Crippen LogP contribution in [-0.2, 0) is 27.4 Å². The van der Waals surface area contributed by atoms with Crippen molar-refractivity contribution in [2.75, 3.05) is 7.11 Å². The number of rotatable bonds is 11. The molecule has 226 valence electrons. The van der Waals surface area contributed by atoms with Crippen molar-refractivity contribution in [2.45, 2.75) is 64.3 Å². The minimum atomic E-state index is -0.321. The van der Waals surface area contributed by atoms with Gasteiger partial charge in [-0.1, -0.05) is 92.4 Å². The van der Waals surface area contributed by atoms with Crippen molar-refractivity contribution in [3.05, 3.63) is 142 Å². The van der Waals surface area contributed by atoms with Gasteiger partial charge in [-0.3, -0.25) is 0 Å². The number of aryl methyl sites for hydroxylation is 1. The Morgan fingerprint density at radius 3 is 2.18 bits per heavy atom. The molecule has 4 aromatic carbocycles. The number of thiophene rings is 1. The van der Waals surface area contributed by atoms with Crippen LogP contribution in [0.4, 0.5) is 0 Å². The van der Waals surface area contributed by atoms with Crippen LogP contribution < -0.4 is 4.74 Å². The fourth-order valence-corrected chi connectivity index (χ4v) is 7.06. The highest BCUT2D eigenvalue weighted by atomic mass is 32.1. The zero-order valence-corrected chi connectivity index (χ0v) is 26.5. The maximum absolute atomic E-state index is 6.87. The van der Waals surface area contributed by atoms with Crippen LogP contribution in [0.1, 0.15) is 58.6 Å². The van der Waals surface area contributed by atoms with E-state index in [0.29, 0.717) is 13.2 Å². The Morgan fingerprint density at radius 2 is 1.52 bits per heavy atom. The van der Waals surface area contributed by atoms with Crippen molar-refractivity contribution in [3.8, 4) is 5.75 Å². The first-order chi connectivity index (χ1) is 21.5. The van der Waals surface area contributed by atoms with Crippen LogP contribution in [0.15, 0.2) is 110 Å². The van der Waals surface area contributed by atoms with Crippen molar-refractivity contribution < 1.29 is 18.9 Å². The highest BCUT2D eigenvalue weighted by Gasteiger charge is 2.41. The van der Waals surface area contributed by atoms with Gasteiger partial charge in [0.1, 0.15) is 18.0 Å². The summed E-state index contributed by atoms with van der Waals surface area (Å²) in [5, 5.41) is 1.22. The van der Waals surface area contributed by atoms with E-state index in [4.69, 9.17) is 18.9 Å². The molecule has 0 amide bonds. The summed E-state index contributed by atoms with van der Waals surface area (Å²) >= 11 is 1.75. The number of fused-ring (bicyclic) bond motifs is 1.